The zero-order chi connectivity index (χ0) is 13.2. The lowest BCUT2D eigenvalue weighted by Crippen LogP contribution is -2.23. The van der Waals surface area contributed by atoms with Crippen molar-refractivity contribution in [1.82, 2.24) is 4.98 Å². The van der Waals surface area contributed by atoms with Gasteiger partial charge in [0.25, 0.3) is 0 Å². The summed E-state index contributed by atoms with van der Waals surface area (Å²) in [7, 11) is 0. The summed E-state index contributed by atoms with van der Waals surface area (Å²) in [5.41, 5.74) is 5.83. The van der Waals surface area contributed by atoms with Crippen LogP contribution in [0.2, 0.25) is 5.02 Å². The second-order valence-electron chi connectivity index (χ2n) is 5.29. The first-order valence-electron chi connectivity index (χ1n) is 6.19. The van der Waals surface area contributed by atoms with E-state index in [-0.39, 0.29) is 0 Å². The summed E-state index contributed by atoms with van der Waals surface area (Å²) in [6.07, 6.45) is 6.50. The van der Waals surface area contributed by atoms with E-state index in [2.05, 4.69) is 17.2 Å². The van der Waals surface area contributed by atoms with Crippen LogP contribution in [-0.4, -0.2) is 17.4 Å². The predicted octanol–water partition coefficient (Wildman–Crippen LogP) is 2.83. The van der Waals surface area contributed by atoms with Gasteiger partial charge in [0, 0.05) is 12.7 Å². The van der Waals surface area contributed by atoms with E-state index in [0.29, 0.717) is 21.8 Å². The van der Waals surface area contributed by atoms with E-state index in [9.17, 15) is 4.79 Å². The van der Waals surface area contributed by atoms with Crippen LogP contribution < -0.4 is 11.1 Å². The van der Waals surface area contributed by atoms with E-state index in [4.69, 9.17) is 17.3 Å². The minimum atomic E-state index is -0.515. The number of hydrogen-bond acceptors (Lipinski definition) is 3. The third-order valence-corrected chi connectivity index (χ3v) is 3.91. The summed E-state index contributed by atoms with van der Waals surface area (Å²) in [6.45, 7) is 3.13. The molecule has 1 aliphatic carbocycles. The fourth-order valence-corrected chi connectivity index (χ4v) is 2.64. The molecule has 3 N–H and O–H groups in total. The topological polar surface area (TPSA) is 68.0 Å². The Balaban J connectivity index is 2.03. The maximum absolute atomic E-state index is 11.0. The molecular formula is C13H18ClN3O. The van der Waals surface area contributed by atoms with E-state index in [0.717, 1.165) is 6.54 Å². The van der Waals surface area contributed by atoms with E-state index in [1.54, 1.807) is 6.07 Å². The summed E-state index contributed by atoms with van der Waals surface area (Å²) in [6, 6.07) is 1.55. The molecule has 1 amide bonds. The van der Waals surface area contributed by atoms with Gasteiger partial charge in [-0.2, -0.15) is 0 Å². The third-order valence-electron chi connectivity index (χ3n) is 3.62. The lowest BCUT2D eigenvalue weighted by atomic mass is 9.89. The Morgan fingerprint density at radius 2 is 2.22 bits per heavy atom. The molecule has 1 saturated carbocycles. The van der Waals surface area contributed by atoms with Crippen molar-refractivity contribution in [3.63, 3.8) is 0 Å². The van der Waals surface area contributed by atoms with Gasteiger partial charge in [0.1, 0.15) is 5.82 Å². The van der Waals surface area contributed by atoms with Gasteiger partial charge in [0.2, 0.25) is 5.91 Å². The molecule has 0 spiro atoms. The van der Waals surface area contributed by atoms with Crippen molar-refractivity contribution in [2.24, 2.45) is 11.1 Å². The second kappa shape index (κ2) is 5.14. The van der Waals surface area contributed by atoms with Crippen LogP contribution in [0.15, 0.2) is 12.3 Å². The summed E-state index contributed by atoms with van der Waals surface area (Å²) in [4.78, 5) is 15.1. The fraction of sp³-hybridized carbons (Fsp3) is 0.538. The number of aromatic nitrogens is 1. The Morgan fingerprint density at radius 1 is 1.56 bits per heavy atom. The molecule has 98 valence electrons. The lowest BCUT2D eigenvalue weighted by molar-refractivity contribution is 0.1000. The monoisotopic (exact) mass is 267 g/mol. The number of carbonyl (C=O) groups is 1. The maximum atomic E-state index is 11.0. The van der Waals surface area contributed by atoms with Crippen LogP contribution >= 0.6 is 11.6 Å². The molecule has 5 heteroatoms. The number of anilines is 1. The molecule has 4 nitrogen and oxygen atoms in total. The third kappa shape index (κ3) is 2.93. The molecule has 2 rings (SSSR count). The highest BCUT2D eigenvalue weighted by Crippen LogP contribution is 2.37. The van der Waals surface area contributed by atoms with Crippen molar-refractivity contribution >= 4 is 23.3 Å². The normalized spacial score (nSPS) is 17.7. The van der Waals surface area contributed by atoms with Gasteiger partial charge in [-0.1, -0.05) is 31.4 Å². The van der Waals surface area contributed by atoms with Gasteiger partial charge in [0.15, 0.2) is 0 Å². The number of rotatable bonds is 4. The zero-order valence-corrected chi connectivity index (χ0v) is 11.3. The number of nitrogens with one attached hydrogen (secondary N) is 1. The minimum Gasteiger partial charge on any atom is -0.368 e. The Morgan fingerprint density at radius 3 is 2.78 bits per heavy atom. The number of carbonyl (C=O) groups excluding carboxylic acids is 1. The van der Waals surface area contributed by atoms with Gasteiger partial charge in [-0.3, -0.25) is 4.79 Å². The highest BCUT2D eigenvalue weighted by atomic mass is 35.5. The molecule has 0 unspecified atom stereocenters. The van der Waals surface area contributed by atoms with Crippen LogP contribution in [0.5, 0.6) is 0 Å². The summed E-state index contributed by atoms with van der Waals surface area (Å²) >= 11 is 6.07. The predicted molar refractivity (Wildman–Crippen MR) is 72.8 cm³/mol. The summed E-state index contributed by atoms with van der Waals surface area (Å²) < 4.78 is 0. The molecule has 0 aromatic carbocycles. The van der Waals surface area contributed by atoms with Crippen molar-refractivity contribution in [1.29, 1.82) is 0 Å². The summed E-state index contributed by atoms with van der Waals surface area (Å²) in [5.74, 6) is 0.105. The zero-order valence-electron chi connectivity index (χ0n) is 10.5. The van der Waals surface area contributed by atoms with Crippen molar-refractivity contribution < 1.29 is 4.79 Å². The van der Waals surface area contributed by atoms with Gasteiger partial charge in [-0.15, -0.1) is 0 Å². The average molecular weight is 268 g/mol. The van der Waals surface area contributed by atoms with E-state index in [1.165, 1.54) is 31.9 Å². The van der Waals surface area contributed by atoms with Gasteiger partial charge in [-0.05, 0) is 24.3 Å². The minimum absolute atomic E-state index is 0.327. The van der Waals surface area contributed by atoms with Crippen LogP contribution in [0.25, 0.3) is 0 Å². The van der Waals surface area contributed by atoms with Crippen molar-refractivity contribution in [2.75, 3.05) is 11.9 Å². The molecule has 0 radical (unpaired) electrons. The number of nitrogens with two attached hydrogens (primary N) is 1. The molecule has 18 heavy (non-hydrogen) atoms. The highest BCUT2D eigenvalue weighted by Gasteiger charge is 2.28. The summed E-state index contributed by atoms with van der Waals surface area (Å²) in [5, 5.41) is 3.70. The standard InChI is InChI=1S/C13H18ClN3O/c1-13(4-2-3-5-13)8-17-12-10(14)6-9(7-16-12)11(15)18/h6-7H,2-5,8H2,1H3,(H2,15,18)(H,16,17). The van der Waals surface area contributed by atoms with E-state index in [1.807, 2.05) is 0 Å². The molecule has 1 aliphatic rings. The SMILES string of the molecule is CC1(CNc2ncc(C(N)=O)cc2Cl)CCCC1. The van der Waals surface area contributed by atoms with Gasteiger partial charge >= 0.3 is 0 Å². The van der Waals surface area contributed by atoms with Crippen molar-refractivity contribution in [3.05, 3.63) is 22.8 Å². The maximum Gasteiger partial charge on any atom is 0.250 e. The Labute approximate surface area is 112 Å². The Kier molecular flexibility index (Phi) is 3.76. The van der Waals surface area contributed by atoms with E-state index >= 15 is 0 Å². The van der Waals surface area contributed by atoms with Gasteiger partial charge in [0.05, 0.1) is 10.6 Å². The fourth-order valence-electron chi connectivity index (χ4n) is 2.41. The molecule has 0 aliphatic heterocycles. The van der Waals surface area contributed by atoms with Crippen molar-refractivity contribution in [3.8, 4) is 0 Å². The Bertz CT molecular complexity index is 456. The number of nitrogens with zero attached hydrogens (tertiary/aromatic N) is 1. The number of pyridine rings is 1. The van der Waals surface area contributed by atoms with Crippen molar-refractivity contribution in [2.45, 2.75) is 32.6 Å². The number of halogens is 1. The molecule has 0 bridgehead atoms. The highest BCUT2D eigenvalue weighted by molar-refractivity contribution is 6.33. The number of amides is 1. The van der Waals surface area contributed by atoms with E-state index < -0.39 is 5.91 Å². The largest absolute Gasteiger partial charge is 0.368 e. The molecule has 0 saturated heterocycles. The number of hydrogen-bond donors (Lipinski definition) is 2. The quantitative estimate of drug-likeness (QED) is 0.881. The second-order valence-corrected chi connectivity index (χ2v) is 5.70. The van der Waals surface area contributed by atoms with Crippen LogP contribution in [0.4, 0.5) is 5.82 Å². The van der Waals surface area contributed by atoms with Gasteiger partial charge in [-0.25, -0.2) is 4.98 Å². The van der Waals surface area contributed by atoms with Crippen LogP contribution in [0, 0.1) is 5.41 Å². The molecule has 1 heterocycles. The average Bonchev–Trinajstić information content (AvgIpc) is 2.75. The molecule has 1 fully saturated rings. The first-order chi connectivity index (χ1) is 8.50. The smallest absolute Gasteiger partial charge is 0.250 e. The van der Waals surface area contributed by atoms with Crippen LogP contribution in [-0.2, 0) is 0 Å². The van der Waals surface area contributed by atoms with Crippen LogP contribution in [0.3, 0.4) is 0 Å². The molecule has 1 aromatic heterocycles. The molecular weight excluding hydrogens is 250 g/mol. The Hall–Kier alpha value is -1.29. The molecule has 0 atom stereocenters. The first kappa shape index (κ1) is 13.1. The molecule has 1 aromatic rings. The van der Waals surface area contributed by atoms with Crippen LogP contribution in [0.1, 0.15) is 43.0 Å². The first-order valence-corrected chi connectivity index (χ1v) is 6.57. The lowest BCUT2D eigenvalue weighted by Gasteiger charge is -2.24. The number of primary amides is 1. The van der Waals surface area contributed by atoms with Gasteiger partial charge < -0.3 is 11.1 Å².